The van der Waals surface area contributed by atoms with Gasteiger partial charge in [0.2, 0.25) is 0 Å². The Bertz CT molecular complexity index is 1080. The number of amides is 4. The van der Waals surface area contributed by atoms with Gasteiger partial charge < -0.3 is 9.47 Å². The Morgan fingerprint density at radius 3 is 2.50 bits per heavy atom. The number of nitrogens with one attached hydrogen (secondary N) is 1. The van der Waals surface area contributed by atoms with E-state index in [4.69, 9.17) is 44.3 Å². The lowest BCUT2D eigenvalue weighted by atomic mass is 10.1. The normalized spacial score (nSPS) is 15.4. The molecule has 30 heavy (non-hydrogen) atoms. The third-order valence-electron chi connectivity index (χ3n) is 4.13. The molecule has 1 aliphatic heterocycles. The number of hydrogen-bond donors (Lipinski definition) is 1. The van der Waals surface area contributed by atoms with Crippen molar-refractivity contribution in [2.24, 2.45) is 0 Å². The quantitative estimate of drug-likeness (QED) is 0.506. The predicted octanol–water partition coefficient (Wildman–Crippen LogP) is 4.72. The molecule has 0 aromatic heterocycles. The van der Waals surface area contributed by atoms with Gasteiger partial charge in [-0.3, -0.25) is 14.9 Å². The van der Waals surface area contributed by atoms with Crippen LogP contribution in [0.3, 0.4) is 0 Å². The van der Waals surface area contributed by atoms with Crippen molar-refractivity contribution in [1.82, 2.24) is 5.32 Å². The molecule has 1 saturated heterocycles. The van der Waals surface area contributed by atoms with Crippen LogP contribution in [0, 0.1) is 0 Å². The Labute approximate surface area is 187 Å². The van der Waals surface area contributed by atoms with E-state index in [1.165, 1.54) is 37.5 Å². The molecule has 0 atom stereocenters. The number of anilines is 1. The standard InChI is InChI=1S/C20H15Cl3N2O5/c1-3-30-17-13(22)8-10(9-15(17)29-2)7-11-18(26)24-20(28)25(19(11)27)14-6-4-5-12(21)16(14)23/h4-9H,3H2,1-2H3,(H,24,26,28)/b11-7+. The van der Waals surface area contributed by atoms with Gasteiger partial charge in [-0.25, -0.2) is 9.69 Å². The maximum atomic E-state index is 13.0. The molecule has 0 unspecified atom stereocenters. The lowest BCUT2D eigenvalue weighted by Gasteiger charge is -2.27. The summed E-state index contributed by atoms with van der Waals surface area (Å²) >= 11 is 18.4. The SMILES string of the molecule is CCOc1c(Cl)cc(/C=C2\C(=O)NC(=O)N(c3cccc(Cl)c3Cl)C2=O)cc1OC. The first-order valence-corrected chi connectivity index (χ1v) is 9.77. The smallest absolute Gasteiger partial charge is 0.336 e. The van der Waals surface area contributed by atoms with Crippen molar-refractivity contribution in [2.45, 2.75) is 6.92 Å². The molecule has 2 aromatic rings. The summed E-state index contributed by atoms with van der Waals surface area (Å²) in [6.45, 7) is 2.16. The van der Waals surface area contributed by atoms with Gasteiger partial charge in [0.1, 0.15) is 5.57 Å². The van der Waals surface area contributed by atoms with Crippen LogP contribution in [0.25, 0.3) is 6.08 Å². The van der Waals surface area contributed by atoms with Gasteiger partial charge in [-0.15, -0.1) is 0 Å². The van der Waals surface area contributed by atoms with Gasteiger partial charge in [0, 0.05) is 0 Å². The number of imide groups is 2. The number of hydrogen-bond acceptors (Lipinski definition) is 5. The number of halogens is 3. The fourth-order valence-corrected chi connectivity index (χ4v) is 3.47. The van der Waals surface area contributed by atoms with Crippen molar-refractivity contribution >= 4 is 64.4 Å². The van der Waals surface area contributed by atoms with Crippen LogP contribution in [0.4, 0.5) is 10.5 Å². The van der Waals surface area contributed by atoms with Crippen LogP contribution in [-0.4, -0.2) is 31.6 Å². The molecule has 10 heteroatoms. The molecular formula is C20H15Cl3N2O5. The number of rotatable bonds is 5. The van der Waals surface area contributed by atoms with E-state index in [0.29, 0.717) is 23.7 Å². The topological polar surface area (TPSA) is 84.9 Å². The Kier molecular flexibility index (Phi) is 6.55. The van der Waals surface area contributed by atoms with Crippen LogP contribution < -0.4 is 19.7 Å². The second-order valence-corrected chi connectivity index (χ2v) is 7.19. The molecule has 0 bridgehead atoms. The van der Waals surface area contributed by atoms with Crippen LogP contribution in [0.2, 0.25) is 15.1 Å². The number of methoxy groups -OCH3 is 1. The summed E-state index contributed by atoms with van der Waals surface area (Å²) in [5.74, 6) is -1.06. The highest BCUT2D eigenvalue weighted by Crippen LogP contribution is 2.38. The van der Waals surface area contributed by atoms with E-state index in [1.807, 2.05) is 0 Å². The van der Waals surface area contributed by atoms with Gasteiger partial charge in [-0.1, -0.05) is 40.9 Å². The van der Waals surface area contributed by atoms with Crippen LogP contribution in [-0.2, 0) is 9.59 Å². The molecule has 0 saturated carbocycles. The summed E-state index contributed by atoms with van der Waals surface area (Å²) in [7, 11) is 1.44. The van der Waals surface area contributed by atoms with E-state index < -0.39 is 17.8 Å². The molecule has 156 valence electrons. The third kappa shape index (κ3) is 4.09. The number of carbonyl (C=O) groups is 3. The molecule has 0 spiro atoms. The highest BCUT2D eigenvalue weighted by molar-refractivity contribution is 6.46. The highest BCUT2D eigenvalue weighted by atomic mass is 35.5. The van der Waals surface area contributed by atoms with Gasteiger partial charge >= 0.3 is 6.03 Å². The Balaban J connectivity index is 2.07. The van der Waals surface area contributed by atoms with Crippen LogP contribution >= 0.6 is 34.8 Å². The van der Waals surface area contributed by atoms with Crippen molar-refractivity contribution in [1.29, 1.82) is 0 Å². The zero-order valence-corrected chi connectivity index (χ0v) is 18.1. The van der Waals surface area contributed by atoms with Crippen molar-refractivity contribution in [3.63, 3.8) is 0 Å². The molecule has 1 aliphatic rings. The predicted molar refractivity (Wildman–Crippen MR) is 115 cm³/mol. The van der Waals surface area contributed by atoms with E-state index in [1.54, 1.807) is 13.0 Å². The number of carbonyl (C=O) groups excluding carboxylic acids is 3. The lowest BCUT2D eigenvalue weighted by molar-refractivity contribution is -0.122. The van der Waals surface area contributed by atoms with Crippen molar-refractivity contribution in [3.05, 3.63) is 56.5 Å². The number of ether oxygens (including phenoxy) is 2. The van der Waals surface area contributed by atoms with Crippen molar-refractivity contribution in [3.8, 4) is 11.5 Å². The second kappa shape index (κ2) is 8.95. The Morgan fingerprint density at radius 1 is 1.10 bits per heavy atom. The maximum Gasteiger partial charge on any atom is 0.336 e. The fraction of sp³-hybridized carbons (Fsp3) is 0.150. The largest absolute Gasteiger partial charge is 0.493 e. The number of urea groups is 1. The summed E-state index contributed by atoms with van der Waals surface area (Å²) in [5.41, 5.74) is 0.144. The minimum absolute atomic E-state index is 0.00199. The number of nitrogens with zero attached hydrogens (tertiary/aromatic N) is 1. The first-order valence-electron chi connectivity index (χ1n) is 8.64. The van der Waals surface area contributed by atoms with Gasteiger partial charge in [-0.2, -0.15) is 0 Å². The van der Waals surface area contributed by atoms with E-state index >= 15 is 0 Å². The molecule has 7 nitrogen and oxygen atoms in total. The molecule has 1 heterocycles. The zero-order chi connectivity index (χ0) is 22.0. The summed E-state index contributed by atoms with van der Waals surface area (Å²) in [4.78, 5) is 38.4. The minimum Gasteiger partial charge on any atom is -0.493 e. The molecule has 0 radical (unpaired) electrons. The van der Waals surface area contributed by atoms with Crippen LogP contribution in [0.5, 0.6) is 11.5 Å². The molecule has 2 aromatic carbocycles. The Morgan fingerprint density at radius 2 is 1.83 bits per heavy atom. The molecule has 1 N–H and O–H groups in total. The van der Waals surface area contributed by atoms with Crippen LogP contribution in [0.15, 0.2) is 35.9 Å². The average Bonchev–Trinajstić information content (AvgIpc) is 2.70. The van der Waals surface area contributed by atoms with E-state index in [2.05, 4.69) is 5.32 Å². The second-order valence-electron chi connectivity index (χ2n) is 6.00. The summed E-state index contributed by atoms with van der Waals surface area (Å²) < 4.78 is 10.7. The maximum absolute atomic E-state index is 13.0. The summed E-state index contributed by atoms with van der Waals surface area (Å²) in [5, 5.41) is 2.51. The van der Waals surface area contributed by atoms with E-state index in [-0.39, 0.29) is 26.3 Å². The molecule has 1 fully saturated rings. The molecule has 4 amide bonds. The van der Waals surface area contributed by atoms with Crippen molar-refractivity contribution in [2.75, 3.05) is 18.6 Å². The number of benzene rings is 2. The van der Waals surface area contributed by atoms with Gasteiger partial charge in [0.05, 0.1) is 34.5 Å². The average molecular weight is 470 g/mol. The summed E-state index contributed by atoms with van der Waals surface area (Å²) in [6.07, 6.45) is 1.29. The highest BCUT2D eigenvalue weighted by Gasteiger charge is 2.38. The van der Waals surface area contributed by atoms with Crippen LogP contribution in [0.1, 0.15) is 12.5 Å². The first-order chi connectivity index (χ1) is 14.3. The first kappa shape index (κ1) is 22.0. The third-order valence-corrected chi connectivity index (χ3v) is 5.21. The minimum atomic E-state index is -0.936. The number of barbiturate groups is 1. The summed E-state index contributed by atoms with van der Waals surface area (Å²) in [6, 6.07) is 6.61. The molecular weight excluding hydrogens is 455 g/mol. The zero-order valence-electron chi connectivity index (χ0n) is 15.8. The van der Waals surface area contributed by atoms with Crippen molar-refractivity contribution < 1.29 is 23.9 Å². The molecule has 3 rings (SSSR count). The Hall–Kier alpha value is -2.74. The van der Waals surface area contributed by atoms with E-state index in [0.717, 1.165) is 4.90 Å². The lowest BCUT2D eigenvalue weighted by Crippen LogP contribution is -2.54. The van der Waals surface area contributed by atoms with Gasteiger partial charge in [-0.05, 0) is 42.8 Å². The van der Waals surface area contributed by atoms with Gasteiger partial charge in [0.25, 0.3) is 11.8 Å². The monoisotopic (exact) mass is 468 g/mol. The molecule has 0 aliphatic carbocycles. The van der Waals surface area contributed by atoms with E-state index in [9.17, 15) is 14.4 Å². The van der Waals surface area contributed by atoms with Gasteiger partial charge in [0.15, 0.2) is 11.5 Å². The fourth-order valence-electron chi connectivity index (χ4n) is 2.82.